The van der Waals surface area contributed by atoms with E-state index in [1.54, 1.807) is 14.0 Å². The van der Waals surface area contributed by atoms with Gasteiger partial charge >= 0.3 is 0 Å². The normalized spacial score (nSPS) is 14.5. The molecular weight excluding hydrogens is 366 g/mol. The highest BCUT2D eigenvalue weighted by atomic mass is 32.1. The van der Waals surface area contributed by atoms with E-state index in [4.69, 9.17) is 9.15 Å². The van der Waals surface area contributed by atoms with Gasteiger partial charge in [-0.15, -0.1) is 21.5 Å². The summed E-state index contributed by atoms with van der Waals surface area (Å²) in [6.07, 6.45) is 0. The number of hydrogen-bond acceptors (Lipinski definition) is 7. The highest BCUT2D eigenvalue weighted by Crippen LogP contribution is 2.22. The molecule has 0 saturated heterocycles. The standard InChI is InChI=1S/C18H25N5O3S/c1-13(2)18(3,12-19)20-15(24)10-23(7-8-25-4)11-16-21-22-17(26-16)14-6-5-9-27-14/h5-6,9,13H,7-8,10-11H2,1-4H3,(H,20,24)/p+1/t18-/m0/s1. The number of quaternary nitrogens is 1. The van der Waals surface area contributed by atoms with E-state index in [1.807, 2.05) is 31.4 Å². The van der Waals surface area contributed by atoms with Gasteiger partial charge in [-0.05, 0) is 24.3 Å². The third-order valence-corrected chi connectivity index (χ3v) is 5.31. The van der Waals surface area contributed by atoms with E-state index < -0.39 is 5.54 Å². The van der Waals surface area contributed by atoms with Crippen LogP contribution in [-0.4, -0.2) is 48.4 Å². The lowest BCUT2D eigenvalue weighted by molar-refractivity contribution is -0.907. The van der Waals surface area contributed by atoms with Crippen LogP contribution in [0.1, 0.15) is 26.7 Å². The molecule has 2 rings (SSSR count). The molecule has 0 aromatic carbocycles. The second-order valence-corrected chi connectivity index (χ2v) is 7.79. The Kier molecular flexibility index (Phi) is 7.47. The molecule has 0 bridgehead atoms. The number of carbonyl (C=O) groups is 1. The molecule has 0 aliphatic carbocycles. The fraction of sp³-hybridized carbons (Fsp3) is 0.556. The summed E-state index contributed by atoms with van der Waals surface area (Å²) in [4.78, 5) is 14.3. The van der Waals surface area contributed by atoms with Crippen LogP contribution >= 0.6 is 11.3 Å². The van der Waals surface area contributed by atoms with Gasteiger partial charge in [0.1, 0.15) is 12.1 Å². The molecule has 9 heteroatoms. The smallest absolute Gasteiger partial charge is 0.276 e. The van der Waals surface area contributed by atoms with Gasteiger partial charge in [-0.25, -0.2) is 0 Å². The van der Waals surface area contributed by atoms with Gasteiger partial charge in [-0.3, -0.25) is 4.79 Å². The van der Waals surface area contributed by atoms with E-state index in [0.717, 1.165) is 9.78 Å². The highest BCUT2D eigenvalue weighted by Gasteiger charge is 2.31. The summed E-state index contributed by atoms with van der Waals surface area (Å²) in [7, 11) is 1.62. The number of thiophene rings is 1. The number of nitrogens with zero attached hydrogens (tertiary/aromatic N) is 3. The lowest BCUT2D eigenvalue weighted by atomic mass is 9.90. The number of hydrogen-bond donors (Lipinski definition) is 2. The molecule has 0 aliphatic heterocycles. The van der Waals surface area contributed by atoms with Crippen LogP contribution in [0.5, 0.6) is 0 Å². The molecule has 2 atom stereocenters. The Morgan fingerprint density at radius 2 is 2.30 bits per heavy atom. The monoisotopic (exact) mass is 392 g/mol. The number of rotatable bonds is 10. The van der Waals surface area contributed by atoms with Crippen LogP contribution in [0, 0.1) is 17.2 Å². The molecule has 2 heterocycles. The molecule has 2 aromatic rings. The molecular formula is C18H26N5O3S+. The summed E-state index contributed by atoms with van der Waals surface area (Å²) in [6.45, 7) is 7.23. The zero-order valence-corrected chi connectivity index (χ0v) is 16.9. The van der Waals surface area contributed by atoms with Crippen LogP contribution in [0.25, 0.3) is 10.8 Å². The summed E-state index contributed by atoms with van der Waals surface area (Å²) < 4.78 is 10.9. The Bertz CT molecular complexity index is 768. The van der Waals surface area contributed by atoms with Crippen molar-refractivity contribution in [3.05, 3.63) is 23.4 Å². The van der Waals surface area contributed by atoms with E-state index in [2.05, 4.69) is 21.6 Å². The average molecular weight is 393 g/mol. The van der Waals surface area contributed by atoms with Crippen molar-refractivity contribution in [1.82, 2.24) is 15.5 Å². The van der Waals surface area contributed by atoms with Gasteiger partial charge in [-0.1, -0.05) is 19.9 Å². The van der Waals surface area contributed by atoms with Crippen molar-refractivity contribution in [2.45, 2.75) is 32.9 Å². The summed E-state index contributed by atoms with van der Waals surface area (Å²) in [5.41, 5.74) is -0.903. The van der Waals surface area contributed by atoms with Gasteiger partial charge in [0.05, 0.1) is 17.6 Å². The van der Waals surface area contributed by atoms with E-state index in [1.165, 1.54) is 11.3 Å². The molecule has 0 fully saturated rings. The quantitative estimate of drug-likeness (QED) is 0.622. The van der Waals surface area contributed by atoms with Gasteiger partial charge in [0.15, 0.2) is 13.1 Å². The predicted molar refractivity (Wildman–Crippen MR) is 101 cm³/mol. The second kappa shape index (κ2) is 9.60. The van der Waals surface area contributed by atoms with Crippen molar-refractivity contribution in [1.29, 1.82) is 5.26 Å². The van der Waals surface area contributed by atoms with E-state index in [-0.39, 0.29) is 18.4 Å². The number of ether oxygens (including phenoxy) is 1. The minimum Gasteiger partial charge on any atom is -0.414 e. The molecule has 27 heavy (non-hydrogen) atoms. The molecule has 0 aliphatic rings. The van der Waals surface area contributed by atoms with Crippen molar-refractivity contribution in [2.75, 3.05) is 26.8 Å². The van der Waals surface area contributed by atoms with Gasteiger partial charge in [0, 0.05) is 7.11 Å². The summed E-state index contributed by atoms with van der Waals surface area (Å²) in [5.74, 6) is 0.742. The third kappa shape index (κ3) is 5.85. The minimum atomic E-state index is -0.903. The molecule has 0 spiro atoms. The summed E-state index contributed by atoms with van der Waals surface area (Å²) in [5, 5.41) is 22.3. The van der Waals surface area contributed by atoms with Crippen LogP contribution in [0.3, 0.4) is 0 Å². The van der Waals surface area contributed by atoms with E-state index in [0.29, 0.717) is 31.5 Å². The molecule has 146 valence electrons. The first-order chi connectivity index (χ1) is 12.9. The van der Waals surface area contributed by atoms with E-state index >= 15 is 0 Å². The van der Waals surface area contributed by atoms with Crippen molar-refractivity contribution >= 4 is 17.2 Å². The fourth-order valence-corrected chi connectivity index (χ4v) is 3.03. The van der Waals surface area contributed by atoms with Crippen LogP contribution in [0.4, 0.5) is 0 Å². The SMILES string of the molecule is COCC[NH+](CC(=O)N[C@@](C)(C#N)C(C)C)Cc1nnc(-c2cccs2)o1. The Morgan fingerprint density at radius 1 is 1.52 bits per heavy atom. The van der Waals surface area contributed by atoms with Crippen molar-refractivity contribution in [2.24, 2.45) is 5.92 Å². The minimum absolute atomic E-state index is 0.00169. The van der Waals surface area contributed by atoms with Gasteiger partial charge in [0.25, 0.3) is 17.7 Å². The van der Waals surface area contributed by atoms with Crippen LogP contribution in [-0.2, 0) is 16.1 Å². The maximum atomic E-state index is 12.5. The molecule has 1 unspecified atom stereocenters. The number of methoxy groups -OCH3 is 1. The summed E-state index contributed by atoms with van der Waals surface area (Å²) in [6, 6.07) is 6.03. The zero-order valence-electron chi connectivity index (χ0n) is 16.1. The molecule has 8 nitrogen and oxygen atoms in total. The molecule has 2 aromatic heterocycles. The maximum absolute atomic E-state index is 12.5. The van der Waals surface area contributed by atoms with Gasteiger partial charge in [-0.2, -0.15) is 5.26 Å². The van der Waals surface area contributed by atoms with E-state index in [9.17, 15) is 10.1 Å². The number of nitriles is 1. The van der Waals surface area contributed by atoms with Crippen LogP contribution < -0.4 is 10.2 Å². The lowest BCUT2D eigenvalue weighted by Gasteiger charge is -2.28. The Labute approximate surface area is 163 Å². The first-order valence-electron chi connectivity index (χ1n) is 8.79. The zero-order chi connectivity index (χ0) is 19.9. The first-order valence-corrected chi connectivity index (χ1v) is 9.67. The Morgan fingerprint density at radius 3 is 2.89 bits per heavy atom. The number of aromatic nitrogens is 2. The molecule has 2 N–H and O–H groups in total. The highest BCUT2D eigenvalue weighted by molar-refractivity contribution is 7.13. The molecule has 0 saturated carbocycles. The van der Waals surface area contributed by atoms with Gasteiger partial charge < -0.3 is 19.4 Å². The first kappa shape index (κ1) is 21.0. The van der Waals surface area contributed by atoms with Gasteiger partial charge in [0.2, 0.25) is 0 Å². The lowest BCUT2D eigenvalue weighted by Crippen LogP contribution is -3.12. The number of amides is 1. The van der Waals surface area contributed by atoms with Crippen molar-refractivity contribution < 1.29 is 18.8 Å². The summed E-state index contributed by atoms with van der Waals surface area (Å²) >= 11 is 1.53. The largest absolute Gasteiger partial charge is 0.414 e. The maximum Gasteiger partial charge on any atom is 0.276 e. The predicted octanol–water partition coefficient (Wildman–Crippen LogP) is 0.884. The average Bonchev–Trinajstić information content (AvgIpc) is 3.30. The van der Waals surface area contributed by atoms with Crippen molar-refractivity contribution in [3.63, 3.8) is 0 Å². The third-order valence-electron chi connectivity index (χ3n) is 4.46. The number of nitrogens with one attached hydrogen (secondary N) is 2. The number of carbonyl (C=O) groups excluding carboxylic acids is 1. The van der Waals surface area contributed by atoms with Crippen molar-refractivity contribution in [3.8, 4) is 16.8 Å². The Balaban J connectivity index is 2.02. The Hall–Kier alpha value is -2.28. The van der Waals surface area contributed by atoms with Crippen LogP contribution in [0.15, 0.2) is 21.9 Å². The van der Waals surface area contributed by atoms with Crippen LogP contribution in [0.2, 0.25) is 0 Å². The topological polar surface area (TPSA) is 105 Å². The molecule has 0 radical (unpaired) electrons. The fourth-order valence-electron chi connectivity index (χ4n) is 2.39. The second-order valence-electron chi connectivity index (χ2n) is 6.84. The molecule has 1 amide bonds.